The van der Waals surface area contributed by atoms with E-state index in [0.717, 1.165) is 6.42 Å². The van der Waals surface area contributed by atoms with Crippen molar-refractivity contribution in [2.45, 2.75) is 102 Å². The topological polar surface area (TPSA) is 96.4 Å². The molecule has 3 saturated heterocycles. The van der Waals surface area contributed by atoms with Crippen molar-refractivity contribution in [3.63, 3.8) is 0 Å². The number of hydrogen-bond acceptors (Lipinski definition) is 6. The third-order valence-corrected chi connectivity index (χ3v) is 8.71. The van der Waals surface area contributed by atoms with E-state index in [1.54, 1.807) is 17.9 Å². The summed E-state index contributed by atoms with van der Waals surface area (Å²) in [6.45, 7) is 18.2. The Balaban J connectivity index is 2.15. The summed E-state index contributed by atoms with van der Waals surface area (Å²) in [6.07, 6.45) is 2.75. The van der Waals surface area contributed by atoms with Gasteiger partial charge in [-0.25, -0.2) is 0 Å². The molecule has 3 fully saturated rings. The molecule has 7 atom stereocenters. The number of aliphatic hydroxyl groups excluding tert-OH is 1. The minimum atomic E-state index is -1.18. The van der Waals surface area contributed by atoms with E-state index in [2.05, 4.69) is 43.3 Å². The number of rotatable bonds is 10. The predicted octanol–water partition coefficient (Wildman–Crippen LogP) is 3.30. The molecule has 0 saturated carbocycles. The number of carbonyl (C=O) groups is 3. The van der Waals surface area contributed by atoms with Gasteiger partial charge in [-0.1, -0.05) is 49.7 Å². The molecule has 0 aromatic heterocycles. The maximum absolute atomic E-state index is 14.6. The van der Waals surface area contributed by atoms with Gasteiger partial charge in [0.25, 0.3) is 0 Å². The molecule has 3 aliphatic rings. The first-order chi connectivity index (χ1) is 16.7. The number of halogens is 1. The Labute approximate surface area is 223 Å². The normalized spacial score (nSPS) is 32.4. The number of amides is 2. The van der Waals surface area contributed by atoms with Crippen LogP contribution in [0.1, 0.15) is 67.7 Å². The molecule has 3 heterocycles. The second-order valence-corrected chi connectivity index (χ2v) is 13.4. The quantitative estimate of drug-likeness (QED) is 0.246. The molecule has 0 aromatic rings. The van der Waals surface area contributed by atoms with Crippen LogP contribution >= 0.6 is 15.9 Å². The fraction of sp³-hybridized carbons (Fsp3) is 0.815. The summed E-state index contributed by atoms with van der Waals surface area (Å²) in [7, 11) is 0. The van der Waals surface area contributed by atoms with Crippen molar-refractivity contribution in [3.8, 4) is 0 Å². The number of hydrogen-bond donors (Lipinski definition) is 1. The number of esters is 1. The monoisotopic (exact) mass is 570 g/mol. The van der Waals surface area contributed by atoms with E-state index >= 15 is 0 Å². The van der Waals surface area contributed by atoms with E-state index in [9.17, 15) is 19.5 Å². The summed E-state index contributed by atoms with van der Waals surface area (Å²) in [5.74, 6) is -2.67. The third kappa shape index (κ3) is 4.75. The first-order valence-corrected chi connectivity index (χ1v) is 14.0. The van der Waals surface area contributed by atoms with Gasteiger partial charge in [0.15, 0.2) is 0 Å². The molecule has 2 amide bonds. The Morgan fingerprint density at radius 1 is 1.33 bits per heavy atom. The summed E-state index contributed by atoms with van der Waals surface area (Å²) in [5.41, 5.74) is -1.77. The van der Waals surface area contributed by atoms with Crippen molar-refractivity contribution in [1.29, 1.82) is 0 Å². The average Bonchev–Trinajstić information content (AvgIpc) is 3.35. The van der Waals surface area contributed by atoms with Crippen LogP contribution in [0.4, 0.5) is 0 Å². The van der Waals surface area contributed by atoms with E-state index < -0.39 is 47.1 Å². The molecule has 0 aromatic carbocycles. The van der Waals surface area contributed by atoms with Crippen molar-refractivity contribution in [2.24, 2.45) is 17.3 Å². The van der Waals surface area contributed by atoms with Crippen LogP contribution in [0.15, 0.2) is 12.7 Å². The summed E-state index contributed by atoms with van der Waals surface area (Å²) in [5, 5.41) is 10.2. The molecule has 0 radical (unpaired) electrons. The highest BCUT2D eigenvalue weighted by atomic mass is 79.9. The van der Waals surface area contributed by atoms with Crippen LogP contribution in [-0.4, -0.2) is 86.6 Å². The molecule has 3 unspecified atom stereocenters. The number of ether oxygens (including phenoxy) is 2. The highest BCUT2D eigenvalue weighted by Gasteiger charge is 2.77. The van der Waals surface area contributed by atoms with Gasteiger partial charge in [-0.15, -0.1) is 6.58 Å². The van der Waals surface area contributed by atoms with Crippen LogP contribution in [0.2, 0.25) is 0 Å². The molecule has 1 N–H and O–H groups in total. The summed E-state index contributed by atoms with van der Waals surface area (Å²) < 4.78 is 11.9. The van der Waals surface area contributed by atoms with Crippen LogP contribution in [-0.2, 0) is 23.9 Å². The van der Waals surface area contributed by atoms with E-state index in [1.807, 2.05) is 20.8 Å². The zero-order valence-corrected chi connectivity index (χ0v) is 24.3. The first kappa shape index (κ1) is 29.1. The van der Waals surface area contributed by atoms with E-state index in [1.165, 1.54) is 4.90 Å². The van der Waals surface area contributed by atoms with E-state index in [-0.39, 0.29) is 35.3 Å². The van der Waals surface area contributed by atoms with Gasteiger partial charge in [-0.3, -0.25) is 14.4 Å². The van der Waals surface area contributed by atoms with Gasteiger partial charge < -0.3 is 24.4 Å². The first-order valence-electron chi connectivity index (χ1n) is 13.0. The molecule has 1 spiro atoms. The molecule has 3 aliphatic heterocycles. The zero-order chi connectivity index (χ0) is 27.2. The Hall–Kier alpha value is -1.45. The predicted molar refractivity (Wildman–Crippen MR) is 140 cm³/mol. The SMILES string of the molecule is C=CCN(C(=O)C1N([C@@H](CC)CO)C(=O)[C@@H]2[C@H](C(=O)OCC)[C@H]3OC12CC3Br)C(C)(C)CC(C)(C)C. The summed E-state index contributed by atoms with van der Waals surface area (Å²) in [4.78, 5) is 44.8. The van der Waals surface area contributed by atoms with Gasteiger partial charge in [-0.05, 0) is 45.4 Å². The molecule has 9 heteroatoms. The fourth-order valence-electron chi connectivity index (χ4n) is 6.97. The van der Waals surface area contributed by atoms with E-state index in [4.69, 9.17) is 9.47 Å². The van der Waals surface area contributed by atoms with Gasteiger partial charge >= 0.3 is 5.97 Å². The minimum Gasteiger partial charge on any atom is -0.466 e. The smallest absolute Gasteiger partial charge is 0.312 e. The minimum absolute atomic E-state index is 0.0511. The van der Waals surface area contributed by atoms with Crippen molar-refractivity contribution in [1.82, 2.24) is 9.80 Å². The molecule has 0 aliphatic carbocycles. The Kier molecular flexibility index (Phi) is 8.38. The van der Waals surface area contributed by atoms with Gasteiger partial charge in [0.2, 0.25) is 11.8 Å². The van der Waals surface area contributed by atoms with Gasteiger partial charge in [0, 0.05) is 16.9 Å². The van der Waals surface area contributed by atoms with Gasteiger partial charge in [0.1, 0.15) is 11.6 Å². The fourth-order valence-corrected chi connectivity index (χ4v) is 7.91. The van der Waals surface area contributed by atoms with E-state index in [0.29, 0.717) is 19.4 Å². The number of carbonyl (C=O) groups excluding carboxylic acids is 3. The Morgan fingerprint density at radius 3 is 2.47 bits per heavy atom. The molecule has 2 bridgehead atoms. The lowest BCUT2D eigenvalue weighted by Crippen LogP contribution is -2.62. The van der Waals surface area contributed by atoms with Crippen molar-refractivity contribution in [2.75, 3.05) is 19.8 Å². The van der Waals surface area contributed by atoms with Crippen molar-refractivity contribution < 1.29 is 29.0 Å². The number of fused-ring (bicyclic) bond motifs is 1. The van der Waals surface area contributed by atoms with Crippen LogP contribution in [0, 0.1) is 17.3 Å². The second kappa shape index (κ2) is 10.4. The highest BCUT2D eigenvalue weighted by Crippen LogP contribution is 2.61. The van der Waals surface area contributed by atoms with Crippen LogP contribution in [0.3, 0.4) is 0 Å². The van der Waals surface area contributed by atoms with Gasteiger partial charge in [-0.2, -0.15) is 0 Å². The van der Waals surface area contributed by atoms with Crippen LogP contribution < -0.4 is 0 Å². The van der Waals surface area contributed by atoms with Crippen molar-refractivity contribution >= 4 is 33.7 Å². The van der Waals surface area contributed by atoms with Crippen LogP contribution in [0.5, 0.6) is 0 Å². The highest BCUT2D eigenvalue weighted by molar-refractivity contribution is 9.09. The molecule has 36 heavy (non-hydrogen) atoms. The third-order valence-electron chi connectivity index (χ3n) is 7.87. The molecule has 3 rings (SSSR count). The summed E-state index contributed by atoms with van der Waals surface area (Å²) >= 11 is 3.67. The maximum Gasteiger partial charge on any atom is 0.312 e. The van der Waals surface area contributed by atoms with Crippen LogP contribution in [0.25, 0.3) is 0 Å². The largest absolute Gasteiger partial charge is 0.466 e. The lowest BCUT2D eigenvalue weighted by atomic mass is 9.70. The lowest BCUT2D eigenvalue weighted by Gasteiger charge is -2.46. The van der Waals surface area contributed by atoms with Gasteiger partial charge in [0.05, 0.1) is 37.2 Å². The van der Waals surface area contributed by atoms with Crippen molar-refractivity contribution in [3.05, 3.63) is 12.7 Å². The maximum atomic E-state index is 14.6. The Morgan fingerprint density at radius 2 is 1.97 bits per heavy atom. The molecular formula is C27H43BrN2O6. The summed E-state index contributed by atoms with van der Waals surface area (Å²) in [6, 6.07) is -1.53. The number of alkyl halides is 1. The number of aliphatic hydroxyl groups is 1. The molecular weight excluding hydrogens is 528 g/mol. The molecule has 204 valence electrons. The Bertz CT molecular complexity index is 882. The molecule has 8 nitrogen and oxygen atoms in total. The lowest BCUT2D eigenvalue weighted by molar-refractivity contribution is -0.157. The second-order valence-electron chi connectivity index (χ2n) is 12.2. The number of likely N-dealkylation sites (tertiary alicyclic amines) is 1. The average molecular weight is 572 g/mol. The standard InChI is InChI=1S/C27H43BrN2O6/c1-9-12-29(26(7,8)15-25(4,5)6)23(33)21-27-13-17(28)20(36-27)18(24(34)35-11-3)19(27)22(32)30(21)16(10-2)14-31/h9,16-21,31H,1,10-15H2,2-8H3/t16-,17?,18-,19-,20-,21?,27?/m0/s1. The zero-order valence-electron chi connectivity index (χ0n) is 22.8. The number of nitrogens with zero attached hydrogens (tertiary/aromatic N) is 2.